The summed E-state index contributed by atoms with van der Waals surface area (Å²) in [6.07, 6.45) is -1.72. The highest BCUT2D eigenvalue weighted by Gasteiger charge is 2.52. The number of fused-ring (bicyclic) bond motifs is 2. The SMILES string of the molecule is CO[C@H]1O[C@H](CS(=O)(=O)NCCCCCC(=O)N2CCN([C@@H]3[C@H](O)[C@H](O[C@H]4C=CC=CC=CC=CC=CC=CC=C[C@H](C)[C@@H](O)[C@@H](C)[C@H](C)OC(=O)C[C@H](O)C[C@H](O)CC[C@@H](O)[C@H](O)C[C@H](O)C[C@]5(O)C[C@H](O)[C@@H](C(=O)O)[C@H](C4)O5)O[C@H](C)[C@H]3O)CC2)[C@@H](O)[C@H](O)[C@H]1N. The van der Waals surface area contributed by atoms with Gasteiger partial charge in [-0.3, -0.25) is 19.3 Å². The number of amides is 1. The van der Waals surface area contributed by atoms with Crippen LogP contribution in [0.3, 0.4) is 0 Å². The number of aliphatic hydroxyl groups is 12. The van der Waals surface area contributed by atoms with Crippen LogP contribution in [0.15, 0.2) is 85.1 Å². The summed E-state index contributed by atoms with van der Waals surface area (Å²) in [7, 11) is -2.68. The van der Waals surface area contributed by atoms with Crippen molar-refractivity contribution in [1.82, 2.24) is 14.5 Å². The van der Waals surface area contributed by atoms with Gasteiger partial charge < -0.3 is 105 Å². The number of carboxylic acids is 1. The molecule has 0 unspecified atom stereocenters. The Hall–Kier alpha value is -4.26. The van der Waals surface area contributed by atoms with Gasteiger partial charge in [-0.25, -0.2) is 13.1 Å². The van der Waals surface area contributed by atoms with Gasteiger partial charge in [0.25, 0.3) is 0 Å². The molecule has 0 radical (unpaired) electrons. The zero-order valence-corrected chi connectivity index (χ0v) is 54.6. The van der Waals surface area contributed by atoms with Gasteiger partial charge in [0.05, 0.1) is 91.4 Å². The van der Waals surface area contributed by atoms with Gasteiger partial charge in [-0.2, -0.15) is 0 Å². The maximum Gasteiger partial charge on any atom is 0.311 e. The van der Waals surface area contributed by atoms with Crippen LogP contribution in [-0.2, 0) is 52.8 Å². The van der Waals surface area contributed by atoms with E-state index in [2.05, 4.69) is 4.72 Å². The number of carboxylic acid groups (broad SMARTS) is 1. The number of sulfonamides is 1. The third-order valence-electron chi connectivity index (χ3n) is 17.8. The maximum atomic E-state index is 13.4. The third-order valence-corrected chi connectivity index (χ3v) is 19.2. The van der Waals surface area contributed by atoms with Crippen LogP contribution >= 0.6 is 0 Å². The lowest BCUT2D eigenvalue weighted by molar-refractivity contribution is -0.312. The van der Waals surface area contributed by atoms with E-state index in [0.717, 1.165) is 0 Å². The number of unbranched alkanes of at least 4 members (excludes halogenated alkanes) is 2. The van der Waals surface area contributed by atoms with Crippen molar-refractivity contribution in [2.24, 2.45) is 23.5 Å². The Morgan fingerprint density at radius 2 is 1.28 bits per heavy atom. The molecule has 0 aliphatic carbocycles. The Balaban J connectivity index is 1.26. The lowest BCUT2D eigenvalue weighted by atomic mass is 9.82. The summed E-state index contributed by atoms with van der Waals surface area (Å²) in [5.74, 6) is -7.90. The second kappa shape index (κ2) is 38.6. The van der Waals surface area contributed by atoms with E-state index in [0.29, 0.717) is 19.3 Å². The van der Waals surface area contributed by atoms with Gasteiger partial charge in [0.2, 0.25) is 15.9 Å². The number of rotatable bonds is 14. The number of methoxy groups -OCH3 is 1. The quantitative estimate of drug-likeness (QED) is 0.0717. The second-order valence-electron chi connectivity index (χ2n) is 25.2. The molecule has 24 atom stereocenters. The summed E-state index contributed by atoms with van der Waals surface area (Å²) in [4.78, 5) is 42.5. The first-order valence-electron chi connectivity index (χ1n) is 32.2. The van der Waals surface area contributed by atoms with Gasteiger partial charge in [0, 0.05) is 83.8 Å². The smallest absolute Gasteiger partial charge is 0.311 e. The average molecular weight is 1350 g/mol. The molecular formula is C64H104N4O24S. The number of cyclic esters (lactones) is 1. The van der Waals surface area contributed by atoms with E-state index in [1.54, 1.807) is 98.6 Å². The number of aliphatic carboxylic acids is 1. The molecule has 5 aliphatic rings. The summed E-state index contributed by atoms with van der Waals surface area (Å²) in [6, 6.07) is -2.06. The van der Waals surface area contributed by atoms with Crippen molar-refractivity contribution >= 4 is 27.9 Å². The Morgan fingerprint density at radius 1 is 0.667 bits per heavy atom. The molecule has 5 aliphatic heterocycles. The van der Waals surface area contributed by atoms with E-state index < -0.39 is 200 Å². The topological polar surface area (TPSA) is 448 Å². The molecule has 93 heavy (non-hydrogen) atoms. The predicted molar refractivity (Wildman–Crippen MR) is 337 cm³/mol. The van der Waals surface area contributed by atoms with Crippen LogP contribution in [0, 0.1) is 17.8 Å². The Kier molecular flexibility index (Phi) is 33.0. The summed E-state index contributed by atoms with van der Waals surface area (Å²) in [6.45, 7) is 7.74. The van der Waals surface area contributed by atoms with Crippen molar-refractivity contribution in [3.05, 3.63) is 85.1 Å². The van der Waals surface area contributed by atoms with Crippen molar-refractivity contribution in [2.75, 3.05) is 45.6 Å². The van der Waals surface area contributed by atoms with Crippen molar-refractivity contribution < 1.29 is 118 Å². The van der Waals surface area contributed by atoms with Gasteiger partial charge in [-0.1, -0.05) is 105 Å². The number of nitrogens with zero attached hydrogens (tertiary/aromatic N) is 2. The molecule has 16 N–H and O–H groups in total. The number of nitrogens with one attached hydrogen (secondary N) is 1. The van der Waals surface area contributed by atoms with E-state index in [4.69, 9.17) is 34.2 Å². The number of carbonyl (C=O) groups is 3. The molecular weight excluding hydrogens is 1240 g/mol. The van der Waals surface area contributed by atoms with Crippen LogP contribution in [0.2, 0.25) is 0 Å². The molecule has 2 bridgehead atoms. The molecule has 0 saturated carbocycles. The third kappa shape index (κ3) is 25.3. The maximum absolute atomic E-state index is 13.4. The molecule has 5 rings (SSSR count). The largest absolute Gasteiger partial charge is 0.481 e. The highest BCUT2D eigenvalue weighted by atomic mass is 32.2. The number of aliphatic hydroxyl groups excluding tert-OH is 11. The van der Waals surface area contributed by atoms with Gasteiger partial charge in [-0.05, 0) is 46.0 Å². The Labute approximate surface area is 545 Å². The van der Waals surface area contributed by atoms with Crippen molar-refractivity contribution in [3.8, 4) is 0 Å². The standard InChI is InChI=1S/C64H104N4O24S/c1-38-21-17-14-12-10-8-6-7-9-11-13-15-18-22-45(34-49-53(61(82)83)48(74)36-64(84,92-49)35-44(71)32-47(73)46(72)25-24-42(69)31-43(70)33-52(76)88-40(3)39(2)56(38)77)90-63-60(81)55(57(78)41(4)89-63)68-29-27-67(28-30-68)51(75)23-19-16-20-26-66-93(85,86)37-50-58(79)59(80)54(65)62(87-5)91-50/h6-15,17-18,21-22,38-50,53-60,62-63,66,69-74,77-81,84H,16,19-20,23-37,65H2,1-5H3,(H,82,83)/t38-,39-,40-,41+,42+,43+,44-,45-,46+,47+,48-,49-,50+,53+,54+,55-,56+,57+,58+,59+,60-,62-,63-,64+/m0/s1. The van der Waals surface area contributed by atoms with Crippen LogP contribution in [0.4, 0.5) is 0 Å². The predicted octanol–water partition coefficient (Wildman–Crippen LogP) is -1.20. The Morgan fingerprint density at radius 3 is 1.89 bits per heavy atom. The molecule has 0 aromatic heterocycles. The van der Waals surface area contributed by atoms with Crippen LogP contribution in [0.5, 0.6) is 0 Å². The molecule has 29 heteroatoms. The monoisotopic (exact) mass is 1340 g/mol. The van der Waals surface area contributed by atoms with Gasteiger partial charge >= 0.3 is 11.9 Å². The second-order valence-corrected chi connectivity index (χ2v) is 27.1. The molecule has 4 fully saturated rings. The number of hydrogen-bond acceptors (Lipinski definition) is 25. The number of carbonyl (C=O) groups excluding carboxylic acids is 2. The number of piperazine rings is 1. The number of esters is 1. The number of nitrogens with two attached hydrogens (primary N) is 1. The van der Waals surface area contributed by atoms with Gasteiger partial charge in [0.1, 0.15) is 36.4 Å². The van der Waals surface area contributed by atoms with Crippen LogP contribution in [-0.4, -0.2) is 276 Å². The lowest BCUT2D eigenvalue weighted by Gasteiger charge is -2.49. The van der Waals surface area contributed by atoms with Gasteiger partial charge in [0.15, 0.2) is 18.4 Å². The summed E-state index contributed by atoms with van der Waals surface area (Å²) >= 11 is 0. The molecule has 28 nitrogen and oxygen atoms in total. The average Bonchev–Trinajstić information content (AvgIpc) is 0.819. The molecule has 5 heterocycles. The van der Waals surface area contributed by atoms with Crippen LogP contribution in [0.25, 0.3) is 0 Å². The zero-order valence-electron chi connectivity index (χ0n) is 53.8. The van der Waals surface area contributed by atoms with Crippen molar-refractivity contribution in [1.29, 1.82) is 0 Å². The Bertz CT molecular complexity index is 2620. The molecule has 1 amide bonds. The highest BCUT2D eigenvalue weighted by molar-refractivity contribution is 7.89. The molecule has 4 saturated heterocycles. The first-order chi connectivity index (χ1) is 43.9. The number of allylic oxidation sites excluding steroid dienone is 12. The molecule has 530 valence electrons. The summed E-state index contributed by atoms with van der Waals surface area (Å²) < 4.78 is 62.6. The fraction of sp³-hybridized carbons (Fsp3) is 0.734. The zero-order chi connectivity index (χ0) is 68.7. The summed E-state index contributed by atoms with van der Waals surface area (Å²) in [5, 5.41) is 143. The highest BCUT2D eigenvalue weighted by Crippen LogP contribution is 2.39. The summed E-state index contributed by atoms with van der Waals surface area (Å²) in [5.41, 5.74) is 5.80. The van der Waals surface area contributed by atoms with Gasteiger partial charge in [-0.15, -0.1) is 0 Å². The van der Waals surface area contributed by atoms with Crippen molar-refractivity contribution in [3.63, 3.8) is 0 Å². The van der Waals surface area contributed by atoms with E-state index in [1.807, 2.05) is 17.9 Å². The normalized spacial score (nSPS) is 39.4. The minimum absolute atomic E-state index is 0.0467. The first kappa shape index (κ1) is 79.4. The minimum atomic E-state index is -3.96. The number of ether oxygens (including phenoxy) is 6. The first-order valence-corrected chi connectivity index (χ1v) is 33.8. The van der Waals surface area contributed by atoms with Crippen LogP contribution < -0.4 is 10.5 Å². The fourth-order valence-corrected chi connectivity index (χ4v) is 13.4. The number of hydrogen-bond donors (Lipinski definition) is 15. The molecule has 0 aromatic carbocycles. The molecule has 0 aromatic rings. The van der Waals surface area contributed by atoms with E-state index in [9.17, 15) is 89.2 Å². The fourth-order valence-electron chi connectivity index (χ4n) is 12.2. The van der Waals surface area contributed by atoms with Crippen molar-refractivity contribution in [2.45, 2.75) is 233 Å². The van der Waals surface area contributed by atoms with E-state index in [1.165, 1.54) is 13.2 Å². The molecule has 0 spiro atoms. The van der Waals surface area contributed by atoms with E-state index >= 15 is 0 Å². The van der Waals surface area contributed by atoms with Crippen LogP contribution in [0.1, 0.15) is 105 Å². The lowest BCUT2D eigenvalue weighted by Crippen LogP contribution is -2.66. The minimum Gasteiger partial charge on any atom is -0.481 e. The van der Waals surface area contributed by atoms with E-state index in [-0.39, 0.29) is 70.2 Å².